The molecule has 2 fully saturated rings. The first-order chi connectivity index (χ1) is 18.1. The molecule has 2 aliphatic heterocycles. The number of carbonyl (C=O) groups is 1. The summed E-state index contributed by atoms with van der Waals surface area (Å²) >= 11 is 0. The fraction of sp³-hybridized carbons (Fsp3) is 0.545. The van der Waals surface area contributed by atoms with Crippen molar-refractivity contribution in [2.75, 3.05) is 37.6 Å². The van der Waals surface area contributed by atoms with Gasteiger partial charge in [-0.05, 0) is 74.4 Å². The lowest BCUT2D eigenvalue weighted by molar-refractivity contribution is 0.0697. The molecule has 2 aromatic carbocycles. The van der Waals surface area contributed by atoms with Gasteiger partial charge in [-0.1, -0.05) is 64.3 Å². The van der Waals surface area contributed by atoms with Crippen LogP contribution in [0.4, 0.5) is 5.69 Å². The molecule has 0 atom stereocenters. The normalized spacial score (nSPS) is 19.0. The molecule has 0 spiro atoms. The Morgan fingerprint density at radius 3 is 2.42 bits per heavy atom. The number of piperidine rings is 1. The Labute approximate surface area is 228 Å². The largest absolute Gasteiger partial charge is 0.478 e. The molecular weight excluding hydrogens is 470 g/mol. The van der Waals surface area contributed by atoms with Gasteiger partial charge in [-0.2, -0.15) is 0 Å². The highest BCUT2D eigenvalue weighted by Crippen LogP contribution is 2.47. The molecule has 0 unspecified atom stereocenters. The van der Waals surface area contributed by atoms with Crippen LogP contribution in [-0.2, 0) is 6.54 Å². The number of carboxylic acids is 1. The standard InChI is InChI=1S/C32H41N3O2.CH4/c1-2-23-14-16-33(17-15-23)18-19-34-20-21-35-29-22-25(32(36)37)12-13-26(29)30(24-8-4-3-5-9-24)31(35)27-10-6-7-11-28(27)34;/h6-7,10-13,22-24H,2-5,8-9,14-21H2,1H3,(H,36,37);1H4. The lowest BCUT2D eigenvalue weighted by Crippen LogP contribution is -2.40. The van der Waals surface area contributed by atoms with E-state index in [1.54, 1.807) is 6.07 Å². The predicted octanol–water partition coefficient (Wildman–Crippen LogP) is 7.63. The van der Waals surface area contributed by atoms with Crippen molar-refractivity contribution in [2.24, 2.45) is 5.92 Å². The van der Waals surface area contributed by atoms with Gasteiger partial charge >= 0.3 is 5.97 Å². The van der Waals surface area contributed by atoms with Gasteiger partial charge in [0.25, 0.3) is 0 Å². The summed E-state index contributed by atoms with van der Waals surface area (Å²) in [6.07, 6.45) is 10.3. The van der Waals surface area contributed by atoms with E-state index in [1.807, 2.05) is 6.07 Å². The van der Waals surface area contributed by atoms with Crippen LogP contribution in [0.25, 0.3) is 22.2 Å². The van der Waals surface area contributed by atoms with E-state index >= 15 is 0 Å². The number of aromatic carboxylic acids is 1. The van der Waals surface area contributed by atoms with Gasteiger partial charge in [-0.15, -0.1) is 0 Å². The maximum absolute atomic E-state index is 11.9. The molecule has 3 heterocycles. The first-order valence-corrected chi connectivity index (χ1v) is 14.6. The number of aromatic nitrogens is 1. The highest BCUT2D eigenvalue weighted by Gasteiger charge is 2.30. The Hall–Kier alpha value is -2.79. The summed E-state index contributed by atoms with van der Waals surface area (Å²) in [4.78, 5) is 17.1. The topological polar surface area (TPSA) is 48.7 Å². The second-order valence-corrected chi connectivity index (χ2v) is 11.5. The van der Waals surface area contributed by atoms with Crippen molar-refractivity contribution in [3.8, 4) is 11.3 Å². The minimum atomic E-state index is -0.848. The van der Waals surface area contributed by atoms with Gasteiger partial charge in [0.15, 0.2) is 0 Å². The van der Waals surface area contributed by atoms with Crippen LogP contribution in [-0.4, -0.2) is 53.3 Å². The van der Waals surface area contributed by atoms with Crippen LogP contribution in [0.2, 0.25) is 0 Å². The van der Waals surface area contributed by atoms with Crippen molar-refractivity contribution < 1.29 is 9.90 Å². The van der Waals surface area contributed by atoms with E-state index in [0.29, 0.717) is 11.5 Å². The minimum absolute atomic E-state index is 0. The Morgan fingerprint density at radius 2 is 1.68 bits per heavy atom. The second kappa shape index (κ2) is 11.5. The van der Waals surface area contributed by atoms with Crippen molar-refractivity contribution in [1.82, 2.24) is 9.47 Å². The van der Waals surface area contributed by atoms with Crippen LogP contribution in [0.3, 0.4) is 0 Å². The molecule has 1 saturated heterocycles. The first-order valence-electron chi connectivity index (χ1n) is 14.6. The summed E-state index contributed by atoms with van der Waals surface area (Å²) in [6, 6.07) is 14.8. The second-order valence-electron chi connectivity index (χ2n) is 11.5. The maximum Gasteiger partial charge on any atom is 0.335 e. The van der Waals surface area contributed by atoms with Gasteiger partial charge in [-0.3, -0.25) is 0 Å². The highest BCUT2D eigenvalue weighted by atomic mass is 16.4. The van der Waals surface area contributed by atoms with Crippen molar-refractivity contribution >= 4 is 22.6 Å². The number of hydrogen-bond donors (Lipinski definition) is 1. The van der Waals surface area contributed by atoms with Gasteiger partial charge < -0.3 is 19.5 Å². The summed E-state index contributed by atoms with van der Waals surface area (Å²) in [5, 5.41) is 11.0. The zero-order valence-corrected chi connectivity index (χ0v) is 22.3. The van der Waals surface area contributed by atoms with E-state index in [-0.39, 0.29) is 7.43 Å². The van der Waals surface area contributed by atoms with Crippen LogP contribution >= 0.6 is 0 Å². The molecule has 3 aromatic rings. The van der Waals surface area contributed by atoms with E-state index in [2.05, 4.69) is 51.6 Å². The monoisotopic (exact) mass is 515 g/mol. The van der Waals surface area contributed by atoms with Gasteiger partial charge in [0.1, 0.15) is 0 Å². The fourth-order valence-corrected chi connectivity index (χ4v) is 7.24. The molecule has 5 nitrogen and oxygen atoms in total. The SMILES string of the molecule is C.CCC1CCN(CCN2CCn3c(c(C4CCCCC4)c4ccc(C(=O)O)cc43)-c3ccccc32)CC1. The number of hydrogen-bond acceptors (Lipinski definition) is 3. The molecule has 0 radical (unpaired) electrons. The van der Waals surface area contributed by atoms with Crippen LogP contribution < -0.4 is 4.90 Å². The molecule has 1 saturated carbocycles. The average Bonchev–Trinajstić information content (AvgIpc) is 3.18. The van der Waals surface area contributed by atoms with Crippen LogP contribution in [0.5, 0.6) is 0 Å². The quantitative estimate of drug-likeness (QED) is 0.367. The number of likely N-dealkylation sites (tertiary alicyclic amines) is 1. The zero-order chi connectivity index (χ0) is 25.4. The molecular formula is C33H45N3O2. The average molecular weight is 516 g/mol. The van der Waals surface area contributed by atoms with Crippen LogP contribution in [0.1, 0.15) is 87.6 Å². The number of anilines is 1. The van der Waals surface area contributed by atoms with E-state index < -0.39 is 5.97 Å². The number of benzene rings is 2. The molecule has 1 N–H and O–H groups in total. The van der Waals surface area contributed by atoms with Gasteiger partial charge in [-0.25, -0.2) is 4.79 Å². The zero-order valence-electron chi connectivity index (χ0n) is 22.3. The summed E-state index contributed by atoms with van der Waals surface area (Å²) in [6.45, 7) is 8.75. The van der Waals surface area contributed by atoms with Crippen molar-refractivity contribution in [2.45, 2.75) is 78.2 Å². The molecule has 204 valence electrons. The first kappa shape index (κ1) is 26.8. The number of fused-ring (bicyclic) bond motifs is 5. The smallest absolute Gasteiger partial charge is 0.335 e. The van der Waals surface area contributed by atoms with E-state index in [4.69, 9.17) is 0 Å². The Kier molecular flexibility index (Phi) is 8.13. The summed E-state index contributed by atoms with van der Waals surface area (Å²) in [5.74, 6) is 0.602. The lowest BCUT2D eigenvalue weighted by atomic mass is 9.81. The van der Waals surface area contributed by atoms with Gasteiger partial charge in [0, 0.05) is 48.3 Å². The highest BCUT2D eigenvalue weighted by molar-refractivity contribution is 5.99. The third-order valence-electron chi connectivity index (χ3n) is 9.43. The minimum Gasteiger partial charge on any atom is -0.478 e. The van der Waals surface area contributed by atoms with E-state index in [9.17, 15) is 9.90 Å². The molecule has 38 heavy (non-hydrogen) atoms. The Morgan fingerprint density at radius 1 is 0.921 bits per heavy atom. The molecule has 1 aromatic heterocycles. The summed E-state index contributed by atoms with van der Waals surface area (Å²) in [7, 11) is 0. The summed E-state index contributed by atoms with van der Waals surface area (Å²) < 4.78 is 2.46. The molecule has 5 heteroatoms. The number of carboxylic acid groups (broad SMARTS) is 1. The van der Waals surface area contributed by atoms with Gasteiger partial charge in [0.2, 0.25) is 0 Å². The lowest BCUT2D eigenvalue weighted by Gasteiger charge is -2.34. The van der Waals surface area contributed by atoms with Crippen molar-refractivity contribution in [1.29, 1.82) is 0 Å². The van der Waals surface area contributed by atoms with Crippen molar-refractivity contribution in [3.05, 3.63) is 53.6 Å². The Bertz CT molecular complexity index is 1260. The number of nitrogens with zero attached hydrogens (tertiary/aromatic N) is 3. The molecule has 0 bridgehead atoms. The third kappa shape index (κ3) is 4.98. The Balaban J connectivity index is 0.00000294. The molecule has 3 aliphatic rings. The van der Waals surface area contributed by atoms with Crippen LogP contribution in [0.15, 0.2) is 42.5 Å². The summed E-state index contributed by atoms with van der Waals surface area (Å²) in [5.41, 5.74) is 6.93. The number of para-hydroxylation sites is 1. The molecule has 1 aliphatic carbocycles. The van der Waals surface area contributed by atoms with E-state index in [1.165, 1.54) is 92.4 Å². The fourth-order valence-electron chi connectivity index (χ4n) is 7.24. The molecule has 0 amide bonds. The van der Waals surface area contributed by atoms with E-state index in [0.717, 1.165) is 37.6 Å². The van der Waals surface area contributed by atoms with Crippen molar-refractivity contribution in [3.63, 3.8) is 0 Å². The molecule has 6 rings (SSSR count). The van der Waals surface area contributed by atoms with Crippen LogP contribution in [0, 0.1) is 5.92 Å². The number of rotatable bonds is 6. The third-order valence-corrected chi connectivity index (χ3v) is 9.43. The predicted molar refractivity (Wildman–Crippen MR) is 159 cm³/mol. The van der Waals surface area contributed by atoms with Gasteiger partial charge in [0.05, 0.1) is 11.3 Å². The maximum atomic E-state index is 11.9.